The minimum atomic E-state index is -3.12. The fourth-order valence-electron chi connectivity index (χ4n) is 0. The van der Waals surface area contributed by atoms with Gasteiger partial charge in [-0.2, -0.15) is 0 Å². The average molecular weight is 114 g/mol. The van der Waals surface area contributed by atoms with Crippen molar-refractivity contribution in [3.8, 4) is 0 Å². The van der Waals surface area contributed by atoms with E-state index in [1.807, 2.05) is 0 Å². The van der Waals surface area contributed by atoms with Gasteiger partial charge in [0.2, 0.25) is 0 Å². The minimum absolute atomic E-state index is 1.00. The molecule has 0 radical (unpaired) electrons. The molecule has 6 heavy (non-hydrogen) atoms. The van der Waals surface area contributed by atoms with Gasteiger partial charge in [-0.3, -0.25) is 4.55 Å². The van der Waals surface area contributed by atoms with E-state index in [1.54, 1.807) is 0 Å². The third-order valence-electron chi connectivity index (χ3n) is 0. The lowest BCUT2D eigenvalue weighted by Crippen LogP contribution is -1.58. The molecule has 0 saturated carbocycles. The highest BCUT2D eigenvalue weighted by atomic mass is 32.2. The molecule has 0 unspecified atom stereocenters. The van der Waals surface area contributed by atoms with Crippen LogP contribution in [0.5, 0.6) is 0 Å². The third-order valence-corrected chi connectivity index (χ3v) is 0. The zero-order chi connectivity index (χ0) is 5.58. The summed E-state index contributed by atoms with van der Waals surface area (Å²) in [4.78, 5) is 0. The van der Waals surface area contributed by atoms with Crippen molar-refractivity contribution in [1.82, 2.24) is 0 Å². The summed E-state index contributed by atoms with van der Waals surface area (Å²) < 4.78 is 24.2. The van der Waals surface area contributed by atoms with Crippen molar-refractivity contribution in [2.24, 2.45) is 0 Å². The van der Waals surface area contributed by atoms with E-state index in [4.69, 9.17) is 18.1 Å². The second kappa shape index (κ2) is 8.85. The Hall–Kier alpha value is -0.130. The van der Waals surface area contributed by atoms with E-state index < -0.39 is 11.0 Å². The van der Waals surface area contributed by atoms with Crippen LogP contribution in [0.3, 0.4) is 0 Å². The van der Waals surface area contributed by atoms with E-state index in [9.17, 15) is 0 Å². The highest BCUT2D eigenvalue weighted by Crippen LogP contribution is 1.27. The lowest BCUT2D eigenvalue weighted by Gasteiger charge is -1.43. The number of thiol groups is 1. The zero-order valence-electron chi connectivity index (χ0n) is 3.16. The smallest absolute Gasteiger partial charge is 0.254 e. The number of aliphatic hydroxyl groups excluding tert-OH is 1. The quantitative estimate of drug-likeness (QED) is 0.270. The predicted octanol–water partition coefficient (Wildman–Crippen LogP) is -1.32. The highest BCUT2D eigenvalue weighted by molar-refractivity contribution is 7.66. The van der Waals surface area contributed by atoms with E-state index in [0.29, 0.717) is 0 Å². The van der Waals surface area contributed by atoms with Gasteiger partial charge in [0.15, 0.2) is 0 Å². The molecule has 0 amide bonds. The van der Waals surface area contributed by atoms with E-state index >= 15 is 0 Å². The molecule has 0 aliphatic rings. The lowest BCUT2D eigenvalue weighted by molar-refractivity contribution is 0.399. The maximum absolute atomic E-state index is 8.59. The van der Waals surface area contributed by atoms with Gasteiger partial charge >= 0.3 is 0 Å². The standard InChI is InChI=1S/CH4O.H2O3S/c1-2;1-4(2)3/h2H,1H3;4H,(H,1,2,3). The Morgan fingerprint density at radius 3 is 1.33 bits per heavy atom. The summed E-state index contributed by atoms with van der Waals surface area (Å²) in [5.41, 5.74) is 0. The molecule has 5 heteroatoms. The van der Waals surface area contributed by atoms with Crippen molar-refractivity contribution in [3.63, 3.8) is 0 Å². The van der Waals surface area contributed by atoms with Crippen molar-refractivity contribution < 1.29 is 18.1 Å². The van der Waals surface area contributed by atoms with Crippen molar-refractivity contribution in [1.29, 1.82) is 0 Å². The van der Waals surface area contributed by atoms with Crippen LogP contribution in [-0.4, -0.2) is 25.2 Å². The Balaban J connectivity index is 0. The van der Waals surface area contributed by atoms with E-state index in [2.05, 4.69) is 0 Å². The molecule has 0 atom stereocenters. The van der Waals surface area contributed by atoms with E-state index in [0.717, 1.165) is 7.11 Å². The van der Waals surface area contributed by atoms with Gasteiger partial charge in [-0.25, -0.2) is 8.42 Å². The second-order valence-electron chi connectivity index (χ2n) is 0.238. The van der Waals surface area contributed by atoms with Crippen molar-refractivity contribution in [2.45, 2.75) is 0 Å². The van der Waals surface area contributed by atoms with Gasteiger partial charge in [-0.1, -0.05) is 0 Å². The number of aliphatic hydroxyl groups is 1. The molecular formula is CH6O4S. The number of hydrogen-bond donors (Lipinski definition) is 3. The first-order valence-corrected chi connectivity index (χ1v) is 2.14. The van der Waals surface area contributed by atoms with Crippen LogP contribution in [0.4, 0.5) is 0 Å². The first kappa shape index (κ1) is 9.30. The van der Waals surface area contributed by atoms with Gasteiger partial charge < -0.3 is 5.11 Å². The molecule has 0 saturated heterocycles. The lowest BCUT2D eigenvalue weighted by atomic mass is 11.8. The van der Waals surface area contributed by atoms with Crippen LogP contribution in [0, 0.1) is 0 Å². The maximum atomic E-state index is 8.59. The molecule has 0 heterocycles. The molecule has 4 nitrogen and oxygen atoms in total. The molecule has 0 aromatic heterocycles. The summed E-state index contributed by atoms with van der Waals surface area (Å²) in [5.74, 6) is 0. The normalized spacial score (nSPS) is 6.67. The molecule has 0 aromatic carbocycles. The molecule has 0 spiro atoms. The monoisotopic (exact) mass is 114 g/mol. The molecule has 0 bridgehead atoms. The van der Waals surface area contributed by atoms with Crippen molar-refractivity contribution in [2.75, 3.05) is 7.11 Å². The molecule has 0 aromatic rings. The van der Waals surface area contributed by atoms with Gasteiger partial charge in [0.1, 0.15) is 0 Å². The summed E-state index contributed by atoms with van der Waals surface area (Å²) in [6, 6.07) is 0. The van der Waals surface area contributed by atoms with E-state index in [-0.39, 0.29) is 0 Å². The SMILES string of the molecule is CO.O=[SH](=O)O. The minimum Gasteiger partial charge on any atom is -0.400 e. The predicted molar refractivity (Wildman–Crippen MR) is 21.1 cm³/mol. The van der Waals surface area contributed by atoms with Crippen LogP contribution < -0.4 is 0 Å². The Kier molecular flexibility index (Phi) is 13.7. The van der Waals surface area contributed by atoms with Gasteiger partial charge in [0.05, 0.1) is 0 Å². The largest absolute Gasteiger partial charge is 0.400 e. The molecule has 2 N–H and O–H groups in total. The third kappa shape index (κ3) is 1890. The fourth-order valence-corrected chi connectivity index (χ4v) is 0. The number of hydrogen-bond acceptors (Lipinski definition) is 3. The van der Waals surface area contributed by atoms with Crippen LogP contribution in [0.2, 0.25) is 0 Å². The van der Waals surface area contributed by atoms with Gasteiger partial charge in [-0.05, 0) is 0 Å². The Labute approximate surface area is 37.2 Å². The zero-order valence-corrected chi connectivity index (χ0v) is 4.05. The fraction of sp³-hybridized carbons (Fsp3) is 1.00. The Bertz CT molecular complexity index is 55.9. The van der Waals surface area contributed by atoms with Crippen LogP contribution in [-0.2, 0) is 11.0 Å². The van der Waals surface area contributed by atoms with Crippen LogP contribution in [0.15, 0.2) is 0 Å². The first-order valence-electron chi connectivity index (χ1n) is 1.01. The van der Waals surface area contributed by atoms with E-state index in [1.165, 1.54) is 0 Å². The van der Waals surface area contributed by atoms with Crippen LogP contribution in [0.25, 0.3) is 0 Å². The molecule has 0 aliphatic carbocycles. The summed E-state index contributed by atoms with van der Waals surface area (Å²) in [6.45, 7) is 0. The summed E-state index contributed by atoms with van der Waals surface area (Å²) in [6.07, 6.45) is 0. The molecule has 0 rings (SSSR count). The summed E-state index contributed by atoms with van der Waals surface area (Å²) in [7, 11) is -2.12. The topological polar surface area (TPSA) is 74.6 Å². The molecule has 40 valence electrons. The van der Waals surface area contributed by atoms with Gasteiger partial charge in [0.25, 0.3) is 11.0 Å². The second-order valence-corrected chi connectivity index (χ2v) is 0.714. The van der Waals surface area contributed by atoms with Gasteiger partial charge in [0, 0.05) is 7.11 Å². The van der Waals surface area contributed by atoms with Crippen LogP contribution in [0.1, 0.15) is 0 Å². The first-order chi connectivity index (χ1) is 2.73. The highest BCUT2D eigenvalue weighted by Gasteiger charge is 1.44. The van der Waals surface area contributed by atoms with Gasteiger partial charge in [-0.15, -0.1) is 0 Å². The maximum Gasteiger partial charge on any atom is 0.254 e. The molecule has 0 aliphatic heterocycles. The van der Waals surface area contributed by atoms with Crippen LogP contribution >= 0.6 is 0 Å². The summed E-state index contributed by atoms with van der Waals surface area (Å²) in [5, 5.41) is 7.00. The molecule has 0 fully saturated rings. The summed E-state index contributed by atoms with van der Waals surface area (Å²) >= 11 is 0. The number of rotatable bonds is 0. The average Bonchev–Trinajstić information content (AvgIpc) is 1.41. The Morgan fingerprint density at radius 2 is 1.33 bits per heavy atom. The van der Waals surface area contributed by atoms with Crippen molar-refractivity contribution >= 4 is 11.0 Å². The molecular weight excluding hydrogens is 108 g/mol. The Morgan fingerprint density at radius 1 is 1.33 bits per heavy atom. The van der Waals surface area contributed by atoms with Crippen molar-refractivity contribution in [3.05, 3.63) is 0 Å².